The second kappa shape index (κ2) is 9.70. The number of ether oxygens (including phenoxy) is 1. The molecule has 3 aromatic rings. The molecule has 192 valence electrons. The molecule has 2 aliphatic rings. The topological polar surface area (TPSA) is 123 Å². The van der Waals surface area contributed by atoms with Gasteiger partial charge in [-0.3, -0.25) is 0 Å². The molecule has 1 aromatic carbocycles. The number of hydrogen-bond acceptors (Lipinski definition) is 8. The lowest BCUT2D eigenvalue weighted by Gasteiger charge is -2.41. The van der Waals surface area contributed by atoms with Crippen LogP contribution in [-0.2, 0) is 21.6 Å². The molecule has 1 N–H and O–H groups in total. The fourth-order valence-electron chi connectivity index (χ4n) is 4.82. The van der Waals surface area contributed by atoms with Gasteiger partial charge in [-0.2, -0.15) is 12.7 Å². The minimum absolute atomic E-state index is 0.0881. The van der Waals surface area contributed by atoms with Gasteiger partial charge in [-0.1, -0.05) is 30.3 Å². The van der Waals surface area contributed by atoms with Crippen molar-refractivity contribution in [3.05, 3.63) is 45.8 Å². The third kappa shape index (κ3) is 4.49. The second-order valence-corrected chi connectivity index (χ2v) is 12.0. The van der Waals surface area contributed by atoms with E-state index < -0.39 is 34.6 Å². The molecule has 14 heteroatoms. The first kappa shape index (κ1) is 25.1. The minimum atomic E-state index is -3.92. The number of carbonyl (C=O) groups is 1. The Hall–Kier alpha value is -2.59. The lowest BCUT2D eigenvalue weighted by molar-refractivity contribution is 0.117. The number of rotatable bonds is 6. The van der Waals surface area contributed by atoms with Crippen molar-refractivity contribution in [2.75, 3.05) is 19.0 Å². The SMILES string of the molecule is CN(C)S(=O)(=O)n1nc(I)c2ncc(N3[C@@H]4CC[C@H]3[C@@H](F)[C@@H](NC(=O)OCc3ccccc3)C4)nc21. The number of nitrogens with zero attached hydrogens (tertiary/aromatic N) is 6. The molecule has 2 aromatic heterocycles. The Labute approximate surface area is 221 Å². The molecule has 2 bridgehead atoms. The summed E-state index contributed by atoms with van der Waals surface area (Å²) in [4.78, 5) is 23.2. The number of halogens is 2. The highest BCUT2D eigenvalue weighted by atomic mass is 127. The van der Waals surface area contributed by atoms with E-state index in [1.165, 1.54) is 20.3 Å². The average Bonchev–Trinajstić information content (AvgIpc) is 3.38. The van der Waals surface area contributed by atoms with Gasteiger partial charge in [-0.15, -0.1) is 9.19 Å². The Morgan fingerprint density at radius 3 is 2.75 bits per heavy atom. The smallest absolute Gasteiger partial charge is 0.407 e. The van der Waals surface area contributed by atoms with Crippen molar-refractivity contribution < 1.29 is 22.3 Å². The molecule has 4 heterocycles. The highest BCUT2D eigenvalue weighted by Crippen LogP contribution is 2.40. The number of carbonyl (C=O) groups excluding carboxylic acids is 1. The van der Waals surface area contributed by atoms with E-state index in [2.05, 4.69) is 20.4 Å². The average molecular weight is 629 g/mol. The highest BCUT2D eigenvalue weighted by Gasteiger charge is 2.49. The van der Waals surface area contributed by atoms with Crippen LogP contribution in [0.2, 0.25) is 0 Å². The van der Waals surface area contributed by atoms with Gasteiger partial charge in [-0.25, -0.2) is 19.2 Å². The van der Waals surface area contributed by atoms with Crippen LogP contribution >= 0.6 is 22.6 Å². The largest absolute Gasteiger partial charge is 0.445 e. The van der Waals surface area contributed by atoms with Gasteiger partial charge in [0.15, 0.2) is 9.35 Å². The Balaban J connectivity index is 1.34. The monoisotopic (exact) mass is 629 g/mol. The maximum atomic E-state index is 15.6. The fourth-order valence-corrected chi connectivity index (χ4v) is 6.41. The number of hydrogen-bond donors (Lipinski definition) is 1. The molecular weight excluding hydrogens is 604 g/mol. The molecule has 0 spiro atoms. The van der Waals surface area contributed by atoms with Crippen molar-refractivity contribution in [3.63, 3.8) is 0 Å². The summed E-state index contributed by atoms with van der Waals surface area (Å²) < 4.78 is 48.7. The van der Waals surface area contributed by atoms with Crippen molar-refractivity contribution >= 4 is 55.9 Å². The van der Waals surface area contributed by atoms with E-state index in [0.717, 1.165) is 20.4 Å². The van der Waals surface area contributed by atoms with Crippen molar-refractivity contribution in [2.24, 2.45) is 0 Å². The Kier molecular flexibility index (Phi) is 6.76. The van der Waals surface area contributed by atoms with Gasteiger partial charge < -0.3 is 15.0 Å². The van der Waals surface area contributed by atoms with E-state index in [1.54, 1.807) is 0 Å². The number of aromatic nitrogens is 4. The lowest BCUT2D eigenvalue weighted by Crippen LogP contribution is -2.58. The van der Waals surface area contributed by atoms with Gasteiger partial charge in [-0.05, 0) is 47.4 Å². The molecule has 4 atom stereocenters. The Bertz CT molecular complexity index is 1390. The van der Waals surface area contributed by atoms with E-state index in [9.17, 15) is 13.2 Å². The molecule has 0 saturated carbocycles. The van der Waals surface area contributed by atoms with Gasteiger partial charge in [0.25, 0.3) is 0 Å². The van der Waals surface area contributed by atoms with E-state index in [-0.39, 0.29) is 18.3 Å². The summed E-state index contributed by atoms with van der Waals surface area (Å²) in [5, 5.41) is 6.80. The van der Waals surface area contributed by atoms with E-state index in [4.69, 9.17) is 4.74 Å². The van der Waals surface area contributed by atoms with E-state index in [1.807, 2.05) is 57.8 Å². The zero-order chi connectivity index (χ0) is 25.6. The van der Waals surface area contributed by atoms with Crippen LogP contribution in [0.15, 0.2) is 36.5 Å². The van der Waals surface area contributed by atoms with Crippen molar-refractivity contribution in [2.45, 2.75) is 50.2 Å². The van der Waals surface area contributed by atoms with Crippen molar-refractivity contribution in [3.8, 4) is 0 Å². The molecule has 1 amide bonds. The standard InChI is InChI=1S/C22H25FIN7O4S/c1-29(2)36(33,34)31-21-19(20(24)28-31)25-11-17(27-21)30-14-8-9-16(30)18(23)15(10-14)26-22(32)35-12-13-6-4-3-5-7-13/h3-7,11,14-16,18H,8-10,12H2,1-2H3,(H,26,32)/t14-,15+,16+,18+/m1/s1. The summed E-state index contributed by atoms with van der Waals surface area (Å²) in [5.41, 5.74) is 1.29. The maximum absolute atomic E-state index is 15.6. The number of benzene rings is 1. The number of nitrogens with one attached hydrogen (secondary N) is 1. The molecule has 0 aliphatic carbocycles. The number of piperidine rings is 1. The first-order valence-corrected chi connectivity index (χ1v) is 13.9. The molecule has 2 saturated heterocycles. The number of alkyl carbamates (subject to hydrolysis) is 1. The highest BCUT2D eigenvalue weighted by molar-refractivity contribution is 14.1. The van der Waals surface area contributed by atoms with Gasteiger partial charge in [0.2, 0.25) is 0 Å². The van der Waals surface area contributed by atoms with Crippen LogP contribution in [0.5, 0.6) is 0 Å². The van der Waals surface area contributed by atoms with E-state index >= 15 is 4.39 Å². The number of anilines is 1. The Morgan fingerprint density at radius 1 is 1.28 bits per heavy atom. The van der Waals surface area contributed by atoms with Crippen molar-refractivity contribution in [1.29, 1.82) is 0 Å². The molecule has 5 rings (SSSR count). The summed E-state index contributed by atoms with van der Waals surface area (Å²) in [6.07, 6.45) is 1.17. The third-order valence-corrected chi connectivity index (χ3v) is 8.92. The van der Waals surface area contributed by atoms with Crippen LogP contribution in [0.3, 0.4) is 0 Å². The zero-order valence-electron chi connectivity index (χ0n) is 19.6. The third-order valence-electron chi connectivity index (χ3n) is 6.58. The molecule has 0 radical (unpaired) electrons. The Morgan fingerprint density at radius 2 is 2.03 bits per heavy atom. The van der Waals surface area contributed by atoms with Crippen LogP contribution in [0, 0.1) is 3.70 Å². The van der Waals surface area contributed by atoms with Gasteiger partial charge in [0.1, 0.15) is 24.1 Å². The summed E-state index contributed by atoms with van der Waals surface area (Å²) in [6, 6.07) is 7.96. The van der Waals surface area contributed by atoms with Crippen LogP contribution in [0.25, 0.3) is 11.2 Å². The summed E-state index contributed by atoms with van der Waals surface area (Å²) >= 11 is 1.91. The lowest BCUT2D eigenvalue weighted by atomic mass is 9.95. The molecule has 2 aliphatic heterocycles. The molecule has 11 nitrogen and oxygen atoms in total. The van der Waals surface area contributed by atoms with Gasteiger partial charge in [0.05, 0.1) is 18.3 Å². The predicted molar refractivity (Wildman–Crippen MR) is 138 cm³/mol. The second-order valence-electron chi connectivity index (χ2n) is 9.02. The molecule has 36 heavy (non-hydrogen) atoms. The van der Waals surface area contributed by atoms with E-state index in [0.29, 0.717) is 27.9 Å². The number of alkyl halides is 1. The van der Waals surface area contributed by atoms with Crippen LogP contribution in [0.1, 0.15) is 24.8 Å². The minimum Gasteiger partial charge on any atom is -0.445 e. The zero-order valence-corrected chi connectivity index (χ0v) is 22.6. The normalized spacial score (nSPS) is 23.9. The molecular formula is C22H25FIN7O4S. The summed E-state index contributed by atoms with van der Waals surface area (Å²) in [5.74, 6) is 0.384. The van der Waals surface area contributed by atoms with Gasteiger partial charge >= 0.3 is 16.3 Å². The van der Waals surface area contributed by atoms with Crippen LogP contribution in [-0.4, -0.2) is 76.4 Å². The van der Waals surface area contributed by atoms with Crippen LogP contribution < -0.4 is 10.2 Å². The maximum Gasteiger partial charge on any atom is 0.407 e. The fraction of sp³-hybridized carbons (Fsp3) is 0.455. The summed E-state index contributed by atoms with van der Waals surface area (Å²) in [7, 11) is -1.11. The van der Waals surface area contributed by atoms with Crippen molar-refractivity contribution in [1.82, 2.24) is 28.8 Å². The first-order valence-electron chi connectivity index (χ1n) is 11.4. The quantitative estimate of drug-likeness (QED) is 0.413. The first-order chi connectivity index (χ1) is 17.2. The predicted octanol–water partition coefficient (Wildman–Crippen LogP) is 2.46. The number of fused-ring (bicyclic) bond motifs is 3. The van der Waals surface area contributed by atoms with Gasteiger partial charge in [0, 0.05) is 20.1 Å². The van der Waals surface area contributed by atoms with Crippen LogP contribution in [0.4, 0.5) is 15.0 Å². The molecule has 2 fully saturated rings. The number of amides is 1. The summed E-state index contributed by atoms with van der Waals surface area (Å²) in [6.45, 7) is 0.104. The molecule has 0 unspecified atom stereocenters.